The molecule has 106 valence electrons. The number of hydrogen-bond donors (Lipinski definition) is 1. The molecule has 1 aromatic heterocycles. The Hall–Kier alpha value is -2.55. The number of anilines is 2. The fraction of sp³-hybridized carbons (Fsp3) is 0.167. The van der Waals surface area contributed by atoms with E-state index in [-0.39, 0.29) is 0 Å². The summed E-state index contributed by atoms with van der Waals surface area (Å²) in [7, 11) is 2.07. The molecule has 0 unspecified atom stereocenters. The van der Waals surface area contributed by atoms with Gasteiger partial charge < -0.3 is 10.6 Å². The lowest BCUT2D eigenvalue weighted by Gasteiger charge is -2.20. The molecule has 0 saturated heterocycles. The molecule has 2 N–H and O–H groups in total. The van der Waals surface area contributed by atoms with Gasteiger partial charge in [-0.1, -0.05) is 35.9 Å². The summed E-state index contributed by atoms with van der Waals surface area (Å²) in [5.41, 5.74) is 10.5. The van der Waals surface area contributed by atoms with E-state index in [0.717, 1.165) is 23.0 Å². The Balaban J connectivity index is 1.90. The van der Waals surface area contributed by atoms with Gasteiger partial charge in [0.2, 0.25) is 0 Å². The van der Waals surface area contributed by atoms with Gasteiger partial charge in [0, 0.05) is 30.2 Å². The van der Waals surface area contributed by atoms with Gasteiger partial charge in [-0.3, -0.25) is 0 Å². The molecule has 0 bridgehead atoms. The van der Waals surface area contributed by atoms with Crippen LogP contribution in [0.2, 0.25) is 0 Å². The number of hydrogen-bond acceptors (Lipinski definition) is 3. The van der Waals surface area contributed by atoms with E-state index in [9.17, 15) is 0 Å². The van der Waals surface area contributed by atoms with Crippen LogP contribution in [0.4, 0.5) is 11.5 Å². The van der Waals surface area contributed by atoms with Crippen LogP contribution in [-0.4, -0.2) is 12.0 Å². The highest BCUT2D eigenvalue weighted by Gasteiger charge is 2.07. The molecule has 0 saturated carbocycles. The summed E-state index contributed by atoms with van der Waals surface area (Å²) in [5.74, 6) is 0.604. The second-order valence-electron chi connectivity index (χ2n) is 5.42. The first-order chi connectivity index (χ1) is 10.1. The largest absolute Gasteiger partial charge is 0.383 e. The number of aromatic nitrogens is 1. The predicted octanol–water partition coefficient (Wildman–Crippen LogP) is 3.76. The van der Waals surface area contributed by atoms with Crippen LogP contribution < -0.4 is 10.6 Å². The zero-order valence-corrected chi connectivity index (χ0v) is 12.4. The summed E-state index contributed by atoms with van der Waals surface area (Å²) in [6.07, 6.45) is 0. The van der Waals surface area contributed by atoms with Crippen molar-refractivity contribution in [3.05, 3.63) is 65.7 Å². The first-order valence-corrected chi connectivity index (χ1v) is 7.05. The maximum absolute atomic E-state index is 6.10. The maximum atomic E-state index is 6.10. The Bertz CT molecular complexity index is 763. The maximum Gasteiger partial charge on any atom is 0.129 e. The number of aryl methyl sites for hydroxylation is 1. The van der Waals surface area contributed by atoms with Crippen molar-refractivity contribution >= 4 is 22.4 Å². The zero-order valence-electron chi connectivity index (χ0n) is 12.4. The molecule has 0 radical (unpaired) electrons. The average Bonchev–Trinajstić information content (AvgIpc) is 2.48. The van der Waals surface area contributed by atoms with Crippen LogP contribution in [0.3, 0.4) is 0 Å². The highest BCUT2D eigenvalue weighted by Crippen LogP contribution is 2.22. The average molecular weight is 277 g/mol. The lowest BCUT2D eigenvalue weighted by Crippen LogP contribution is -2.17. The molecule has 2 aromatic carbocycles. The number of fused-ring (bicyclic) bond motifs is 1. The summed E-state index contributed by atoms with van der Waals surface area (Å²) in [6, 6.07) is 18.7. The molecule has 0 atom stereocenters. The van der Waals surface area contributed by atoms with E-state index in [2.05, 4.69) is 60.3 Å². The van der Waals surface area contributed by atoms with Crippen LogP contribution in [-0.2, 0) is 6.54 Å². The monoisotopic (exact) mass is 277 g/mol. The fourth-order valence-electron chi connectivity index (χ4n) is 2.45. The van der Waals surface area contributed by atoms with Crippen LogP contribution in [0.25, 0.3) is 10.9 Å². The van der Waals surface area contributed by atoms with Gasteiger partial charge in [0.15, 0.2) is 0 Å². The van der Waals surface area contributed by atoms with Crippen molar-refractivity contribution in [1.82, 2.24) is 4.98 Å². The van der Waals surface area contributed by atoms with E-state index in [4.69, 9.17) is 5.73 Å². The van der Waals surface area contributed by atoms with Crippen LogP contribution in [0.1, 0.15) is 11.1 Å². The van der Waals surface area contributed by atoms with Crippen molar-refractivity contribution in [3.8, 4) is 0 Å². The third kappa shape index (κ3) is 2.82. The summed E-state index contributed by atoms with van der Waals surface area (Å²) < 4.78 is 0. The van der Waals surface area contributed by atoms with E-state index in [1.165, 1.54) is 11.3 Å². The van der Waals surface area contributed by atoms with Gasteiger partial charge in [-0.05, 0) is 31.2 Å². The van der Waals surface area contributed by atoms with E-state index >= 15 is 0 Å². The van der Waals surface area contributed by atoms with Gasteiger partial charge in [-0.2, -0.15) is 0 Å². The van der Waals surface area contributed by atoms with Crippen molar-refractivity contribution in [2.24, 2.45) is 0 Å². The smallest absolute Gasteiger partial charge is 0.129 e. The Morgan fingerprint density at radius 3 is 2.52 bits per heavy atom. The van der Waals surface area contributed by atoms with Gasteiger partial charge in [0.05, 0.1) is 5.52 Å². The Morgan fingerprint density at radius 2 is 1.76 bits per heavy atom. The molecule has 3 nitrogen and oxygen atoms in total. The number of nitrogen functional groups attached to an aromatic ring is 1. The molecule has 3 rings (SSSR count). The second kappa shape index (κ2) is 5.44. The number of benzene rings is 2. The second-order valence-corrected chi connectivity index (χ2v) is 5.42. The van der Waals surface area contributed by atoms with Gasteiger partial charge in [0.25, 0.3) is 0 Å². The third-order valence-electron chi connectivity index (χ3n) is 3.72. The van der Waals surface area contributed by atoms with Gasteiger partial charge >= 0.3 is 0 Å². The first-order valence-electron chi connectivity index (χ1n) is 7.05. The molecule has 0 amide bonds. The minimum absolute atomic E-state index is 0.604. The number of nitrogens with zero attached hydrogens (tertiary/aromatic N) is 2. The molecule has 0 aliphatic heterocycles. The van der Waals surface area contributed by atoms with Gasteiger partial charge in [-0.25, -0.2) is 4.98 Å². The van der Waals surface area contributed by atoms with Crippen molar-refractivity contribution < 1.29 is 0 Å². The molecule has 0 aliphatic carbocycles. The minimum Gasteiger partial charge on any atom is -0.383 e. The van der Waals surface area contributed by atoms with Gasteiger partial charge in [0.1, 0.15) is 5.82 Å². The van der Waals surface area contributed by atoms with Crippen molar-refractivity contribution in [3.63, 3.8) is 0 Å². The van der Waals surface area contributed by atoms with Crippen LogP contribution >= 0.6 is 0 Å². The standard InChI is InChI=1S/C18H19N3/c1-13-7-9-16(10-8-13)21(2)12-15-11-14-5-3-4-6-17(14)20-18(15)19/h3-11H,12H2,1-2H3,(H2,19,20). The molecule has 1 heterocycles. The number of rotatable bonds is 3. The van der Waals surface area contributed by atoms with E-state index in [0.29, 0.717) is 5.82 Å². The topological polar surface area (TPSA) is 42.2 Å². The molecule has 0 spiro atoms. The molecule has 0 fully saturated rings. The van der Waals surface area contributed by atoms with Crippen LogP contribution in [0.5, 0.6) is 0 Å². The first kappa shape index (κ1) is 13.4. The fourth-order valence-corrected chi connectivity index (χ4v) is 2.45. The van der Waals surface area contributed by atoms with Crippen molar-refractivity contribution in [2.75, 3.05) is 17.7 Å². The van der Waals surface area contributed by atoms with Crippen molar-refractivity contribution in [1.29, 1.82) is 0 Å². The number of pyridine rings is 1. The summed E-state index contributed by atoms with van der Waals surface area (Å²) in [5, 5.41) is 1.12. The van der Waals surface area contributed by atoms with E-state index in [1.807, 2.05) is 18.2 Å². The lowest BCUT2D eigenvalue weighted by molar-refractivity contribution is 0.922. The van der Waals surface area contributed by atoms with Crippen LogP contribution in [0.15, 0.2) is 54.6 Å². The SMILES string of the molecule is Cc1ccc(N(C)Cc2cc3ccccc3nc2N)cc1. The zero-order chi connectivity index (χ0) is 14.8. The van der Waals surface area contributed by atoms with Crippen molar-refractivity contribution in [2.45, 2.75) is 13.5 Å². The Kier molecular flexibility index (Phi) is 3.48. The molecule has 0 aliphatic rings. The molecular weight excluding hydrogens is 258 g/mol. The van der Waals surface area contributed by atoms with E-state index < -0.39 is 0 Å². The highest BCUT2D eigenvalue weighted by atomic mass is 15.1. The molecule has 21 heavy (non-hydrogen) atoms. The number of nitrogens with two attached hydrogens (primary N) is 1. The molecule has 3 heteroatoms. The highest BCUT2D eigenvalue weighted by molar-refractivity contribution is 5.81. The normalized spacial score (nSPS) is 10.8. The van der Waals surface area contributed by atoms with E-state index in [1.54, 1.807) is 0 Å². The predicted molar refractivity (Wildman–Crippen MR) is 89.4 cm³/mol. The molecular formula is C18H19N3. The Labute approximate surface area is 125 Å². The lowest BCUT2D eigenvalue weighted by atomic mass is 10.1. The Morgan fingerprint density at radius 1 is 1.05 bits per heavy atom. The molecule has 3 aromatic rings. The summed E-state index contributed by atoms with van der Waals surface area (Å²) in [4.78, 5) is 6.67. The minimum atomic E-state index is 0.604. The summed E-state index contributed by atoms with van der Waals surface area (Å²) in [6.45, 7) is 2.84. The third-order valence-corrected chi connectivity index (χ3v) is 3.72. The van der Waals surface area contributed by atoms with Crippen LogP contribution in [0, 0.1) is 6.92 Å². The summed E-state index contributed by atoms with van der Waals surface area (Å²) >= 11 is 0. The number of para-hydroxylation sites is 1. The quantitative estimate of drug-likeness (QED) is 0.792. The van der Waals surface area contributed by atoms with Gasteiger partial charge in [-0.15, -0.1) is 0 Å².